The van der Waals surface area contributed by atoms with Crippen LogP contribution in [0, 0.1) is 5.92 Å². The minimum absolute atomic E-state index is 0.294. The van der Waals surface area contributed by atoms with Crippen LogP contribution in [0.4, 0.5) is 0 Å². The standard InChI is InChI=1S/C11H24N2O/c1-4-13-6-5-12(7-10(2)3)8-11(13)9-14/h10-11,14H,4-9H2,1-3H3/t11-/m1/s1. The van der Waals surface area contributed by atoms with Gasteiger partial charge in [0.15, 0.2) is 0 Å². The topological polar surface area (TPSA) is 26.7 Å². The summed E-state index contributed by atoms with van der Waals surface area (Å²) in [5.74, 6) is 0.725. The summed E-state index contributed by atoms with van der Waals surface area (Å²) < 4.78 is 0. The highest BCUT2D eigenvalue weighted by Gasteiger charge is 2.25. The smallest absolute Gasteiger partial charge is 0.0599 e. The first-order valence-corrected chi connectivity index (χ1v) is 5.74. The van der Waals surface area contributed by atoms with E-state index in [4.69, 9.17) is 0 Å². The Morgan fingerprint density at radius 1 is 1.36 bits per heavy atom. The van der Waals surface area contributed by atoms with E-state index in [1.165, 1.54) is 0 Å². The lowest BCUT2D eigenvalue weighted by Crippen LogP contribution is -2.55. The number of piperazine rings is 1. The highest BCUT2D eigenvalue weighted by Crippen LogP contribution is 2.10. The molecule has 1 fully saturated rings. The molecule has 3 heteroatoms. The zero-order chi connectivity index (χ0) is 10.6. The highest BCUT2D eigenvalue weighted by molar-refractivity contribution is 4.81. The number of likely N-dealkylation sites (N-methyl/N-ethyl adjacent to an activating group) is 1. The minimum atomic E-state index is 0.294. The molecule has 0 amide bonds. The molecule has 1 aliphatic heterocycles. The number of hydrogen-bond acceptors (Lipinski definition) is 3. The van der Waals surface area contributed by atoms with Gasteiger partial charge in [0, 0.05) is 32.2 Å². The molecule has 0 aromatic heterocycles. The lowest BCUT2D eigenvalue weighted by atomic mass is 10.1. The second-order valence-corrected chi connectivity index (χ2v) is 4.62. The number of hydrogen-bond donors (Lipinski definition) is 1. The maximum Gasteiger partial charge on any atom is 0.0599 e. The maximum atomic E-state index is 9.28. The van der Waals surface area contributed by atoms with Gasteiger partial charge < -0.3 is 10.0 Å². The monoisotopic (exact) mass is 200 g/mol. The van der Waals surface area contributed by atoms with Crippen LogP contribution in [0.25, 0.3) is 0 Å². The van der Waals surface area contributed by atoms with Crippen molar-refractivity contribution in [1.29, 1.82) is 0 Å². The molecule has 0 bridgehead atoms. The van der Waals surface area contributed by atoms with Crippen molar-refractivity contribution in [3.8, 4) is 0 Å². The fraction of sp³-hybridized carbons (Fsp3) is 1.00. The zero-order valence-electron chi connectivity index (χ0n) is 9.74. The summed E-state index contributed by atoms with van der Waals surface area (Å²) in [4.78, 5) is 4.84. The van der Waals surface area contributed by atoms with Gasteiger partial charge in [-0.25, -0.2) is 0 Å². The van der Waals surface area contributed by atoms with E-state index in [2.05, 4.69) is 30.6 Å². The van der Waals surface area contributed by atoms with E-state index in [0.717, 1.165) is 38.6 Å². The van der Waals surface area contributed by atoms with Crippen LogP contribution in [0.5, 0.6) is 0 Å². The second kappa shape index (κ2) is 5.69. The van der Waals surface area contributed by atoms with Gasteiger partial charge in [0.05, 0.1) is 6.61 Å². The fourth-order valence-corrected chi connectivity index (χ4v) is 2.23. The summed E-state index contributed by atoms with van der Waals surface area (Å²) in [5, 5.41) is 9.28. The molecular weight excluding hydrogens is 176 g/mol. The SMILES string of the molecule is CCN1CCN(CC(C)C)C[C@@H]1CO. The first kappa shape index (κ1) is 12.0. The summed E-state index contributed by atoms with van der Waals surface area (Å²) in [5.41, 5.74) is 0. The Balaban J connectivity index is 2.40. The molecule has 14 heavy (non-hydrogen) atoms. The summed E-state index contributed by atoms with van der Waals surface area (Å²) in [6.07, 6.45) is 0. The molecule has 0 aromatic carbocycles. The number of rotatable bonds is 4. The fourth-order valence-electron chi connectivity index (χ4n) is 2.23. The molecule has 0 aliphatic carbocycles. The first-order valence-electron chi connectivity index (χ1n) is 5.74. The number of aliphatic hydroxyl groups excluding tert-OH is 1. The molecule has 0 saturated carbocycles. The van der Waals surface area contributed by atoms with Crippen molar-refractivity contribution in [2.24, 2.45) is 5.92 Å². The summed E-state index contributed by atoms with van der Waals surface area (Å²) in [7, 11) is 0. The van der Waals surface area contributed by atoms with Gasteiger partial charge in [0.1, 0.15) is 0 Å². The number of nitrogens with zero attached hydrogens (tertiary/aromatic N) is 2. The molecule has 1 heterocycles. The molecule has 0 spiro atoms. The number of aliphatic hydroxyl groups is 1. The Morgan fingerprint density at radius 2 is 2.07 bits per heavy atom. The predicted molar refractivity (Wildman–Crippen MR) is 59.4 cm³/mol. The van der Waals surface area contributed by atoms with Crippen LogP contribution in [0.1, 0.15) is 20.8 Å². The largest absolute Gasteiger partial charge is 0.395 e. The molecule has 3 nitrogen and oxygen atoms in total. The van der Waals surface area contributed by atoms with Gasteiger partial charge in [-0.3, -0.25) is 4.90 Å². The third kappa shape index (κ3) is 3.23. The molecule has 1 atom stereocenters. The Bertz CT molecular complexity index is 161. The van der Waals surface area contributed by atoms with Crippen molar-refractivity contribution in [2.45, 2.75) is 26.8 Å². The van der Waals surface area contributed by atoms with Gasteiger partial charge in [-0.2, -0.15) is 0 Å². The van der Waals surface area contributed by atoms with Gasteiger partial charge in [-0.15, -0.1) is 0 Å². The van der Waals surface area contributed by atoms with Crippen molar-refractivity contribution in [1.82, 2.24) is 9.80 Å². The molecule has 0 unspecified atom stereocenters. The third-order valence-electron chi connectivity index (χ3n) is 2.93. The van der Waals surface area contributed by atoms with Crippen molar-refractivity contribution in [3.63, 3.8) is 0 Å². The van der Waals surface area contributed by atoms with E-state index in [0.29, 0.717) is 12.6 Å². The average molecular weight is 200 g/mol. The van der Waals surface area contributed by atoms with E-state index >= 15 is 0 Å². The van der Waals surface area contributed by atoms with E-state index in [1.807, 2.05) is 0 Å². The second-order valence-electron chi connectivity index (χ2n) is 4.62. The van der Waals surface area contributed by atoms with Crippen LogP contribution in [0.3, 0.4) is 0 Å². The Kier molecular flexibility index (Phi) is 4.85. The Morgan fingerprint density at radius 3 is 2.57 bits per heavy atom. The van der Waals surface area contributed by atoms with E-state index in [1.54, 1.807) is 0 Å². The van der Waals surface area contributed by atoms with Crippen molar-refractivity contribution in [3.05, 3.63) is 0 Å². The van der Waals surface area contributed by atoms with E-state index in [9.17, 15) is 5.11 Å². The van der Waals surface area contributed by atoms with Gasteiger partial charge in [-0.1, -0.05) is 20.8 Å². The van der Waals surface area contributed by atoms with Crippen LogP contribution in [0.2, 0.25) is 0 Å². The van der Waals surface area contributed by atoms with E-state index < -0.39 is 0 Å². The van der Waals surface area contributed by atoms with Crippen LogP contribution in [-0.4, -0.2) is 60.3 Å². The van der Waals surface area contributed by atoms with Crippen LogP contribution in [0.15, 0.2) is 0 Å². The molecule has 1 saturated heterocycles. The minimum Gasteiger partial charge on any atom is -0.395 e. The average Bonchev–Trinajstić information content (AvgIpc) is 2.16. The molecule has 84 valence electrons. The van der Waals surface area contributed by atoms with E-state index in [-0.39, 0.29) is 0 Å². The van der Waals surface area contributed by atoms with Gasteiger partial charge in [0.2, 0.25) is 0 Å². The lowest BCUT2D eigenvalue weighted by molar-refractivity contribution is 0.0388. The first-order chi connectivity index (χ1) is 6.67. The molecule has 1 rings (SSSR count). The normalized spacial score (nSPS) is 25.9. The van der Waals surface area contributed by atoms with Gasteiger partial charge in [0.25, 0.3) is 0 Å². The molecule has 1 N–H and O–H groups in total. The maximum absolute atomic E-state index is 9.28. The predicted octanol–water partition coefficient (Wildman–Crippen LogP) is 0.641. The Labute approximate surface area is 87.7 Å². The van der Waals surface area contributed by atoms with Crippen molar-refractivity contribution >= 4 is 0 Å². The van der Waals surface area contributed by atoms with Crippen molar-refractivity contribution < 1.29 is 5.11 Å². The molecular formula is C11H24N2O. The molecule has 1 aliphatic rings. The third-order valence-corrected chi connectivity index (χ3v) is 2.93. The zero-order valence-corrected chi connectivity index (χ0v) is 9.74. The lowest BCUT2D eigenvalue weighted by Gasteiger charge is -2.40. The van der Waals surface area contributed by atoms with Crippen molar-refractivity contribution in [2.75, 3.05) is 39.3 Å². The molecule has 0 aromatic rings. The summed E-state index contributed by atoms with van der Waals surface area (Å²) >= 11 is 0. The quantitative estimate of drug-likeness (QED) is 0.721. The van der Waals surface area contributed by atoms with Gasteiger partial charge in [-0.05, 0) is 12.5 Å². The van der Waals surface area contributed by atoms with Crippen LogP contribution in [-0.2, 0) is 0 Å². The van der Waals surface area contributed by atoms with Crippen LogP contribution >= 0.6 is 0 Å². The highest BCUT2D eigenvalue weighted by atomic mass is 16.3. The summed E-state index contributed by atoms with van der Waals surface area (Å²) in [6.45, 7) is 12.5. The molecule has 0 radical (unpaired) electrons. The summed E-state index contributed by atoms with van der Waals surface area (Å²) in [6, 6.07) is 0.354. The van der Waals surface area contributed by atoms with Crippen LogP contribution < -0.4 is 0 Å². The van der Waals surface area contributed by atoms with Gasteiger partial charge >= 0.3 is 0 Å². The Hall–Kier alpha value is -0.120.